The van der Waals surface area contributed by atoms with E-state index < -0.39 is 0 Å². The minimum atomic E-state index is -0.385. The SMILES string of the molecule is CCNCc1cc(Cl)c(OCc2ccc(F)cc2Cl)c(OCC)c1. The molecule has 24 heavy (non-hydrogen) atoms. The molecule has 0 bridgehead atoms. The third-order valence-corrected chi connectivity index (χ3v) is 3.97. The Morgan fingerprint density at radius 3 is 2.50 bits per heavy atom. The molecule has 0 saturated carbocycles. The van der Waals surface area contributed by atoms with Crippen molar-refractivity contribution in [1.29, 1.82) is 0 Å². The molecule has 0 radical (unpaired) electrons. The first-order valence-corrected chi connectivity index (χ1v) is 8.53. The van der Waals surface area contributed by atoms with E-state index in [0.29, 0.717) is 40.3 Å². The summed E-state index contributed by atoms with van der Waals surface area (Å²) in [6.07, 6.45) is 0. The highest BCUT2D eigenvalue weighted by atomic mass is 35.5. The van der Waals surface area contributed by atoms with Crippen LogP contribution < -0.4 is 14.8 Å². The van der Waals surface area contributed by atoms with E-state index in [-0.39, 0.29) is 12.4 Å². The van der Waals surface area contributed by atoms with Crippen LogP contribution in [0.3, 0.4) is 0 Å². The topological polar surface area (TPSA) is 30.5 Å². The number of hydrogen-bond donors (Lipinski definition) is 1. The Morgan fingerprint density at radius 2 is 1.83 bits per heavy atom. The molecule has 0 unspecified atom stereocenters. The van der Waals surface area contributed by atoms with Crippen molar-refractivity contribution >= 4 is 23.2 Å². The highest BCUT2D eigenvalue weighted by Gasteiger charge is 2.14. The molecule has 0 aliphatic carbocycles. The van der Waals surface area contributed by atoms with E-state index in [1.165, 1.54) is 12.1 Å². The largest absolute Gasteiger partial charge is 0.490 e. The van der Waals surface area contributed by atoms with Crippen LogP contribution in [0, 0.1) is 5.82 Å². The van der Waals surface area contributed by atoms with Crippen molar-refractivity contribution in [2.24, 2.45) is 0 Å². The van der Waals surface area contributed by atoms with Gasteiger partial charge in [0.05, 0.1) is 16.7 Å². The van der Waals surface area contributed by atoms with E-state index in [0.717, 1.165) is 12.1 Å². The van der Waals surface area contributed by atoms with Crippen LogP contribution in [0.2, 0.25) is 10.0 Å². The van der Waals surface area contributed by atoms with Crippen LogP contribution in [0.25, 0.3) is 0 Å². The maximum absolute atomic E-state index is 13.1. The van der Waals surface area contributed by atoms with E-state index in [1.54, 1.807) is 6.07 Å². The summed E-state index contributed by atoms with van der Waals surface area (Å²) < 4.78 is 24.6. The van der Waals surface area contributed by atoms with Crippen LogP contribution >= 0.6 is 23.2 Å². The van der Waals surface area contributed by atoms with Gasteiger partial charge in [0.25, 0.3) is 0 Å². The molecular weight excluding hydrogens is 352 g/mol. The van der Waals surface area contributed by atoms with E-state index in [4.69, 9.17) is 32.7 Å². The summed E-state index contributed by atoms with van der Waals surface area (Å²) in [5.74, 6) is 0.653. The van der Waals surface area contributed by atoms with Crippen molar-refractivity contribution < 1.29 is 13.9 Å². The maximum atomic E-state index is 13.1. The first-order chi connectivity index (χ1) is 11.5. The van der Waals surface area contributed by atoms with Crippen LogP contribution in [0.5, 0.6) is 11.5 Å². The molecule has 3 nitrogen and oxygen atoms in total. The minimum Gasteiger partial charge on any atom is -0.490 e. The van der Waals surface area contributed by atoms with Crippen LogP contribution in [-0.2, 0) is 13.2 Å². The Hall–Kier alpha value is -1.49. The Labute approximate surface area is 151 Å². The minimum absolute atomic E-state index is 0.172. The van der Waals surface area contributed by atoms with Gasteiger partial charge in [-0.05, 0) is 43.3 Å². The van der Waals surface area contributed by atoms with E-state index in [9.17, 15) is 4.39 Å². The van der Waals surface area contributed by atoms with Gasteiger partial charge in [-0.25, -0.2) is 4.39 Å². The van der Waals surface area contributed by atoms with E-state index >= 15 is 0 Å². The molecule has 130 valence electrons. The van der Waals surface area contributed by atoms with Crippen molar-refractivity contribution in [3.8, 4) is 11.5 Å². The first-order valence-electron chi connectivity index (χ1n) is 7.77. The van der Waals surface area contributed by atoms with Crippen molar-refractivity contribution in [2.45, 2.75) is 27.0 Å². The number of rotatable bonds is 8. The molecule has 0 aromatic heterocycles. The molecule has 2 aromatic rings. The molecule has 0 saturated heterocycles. The number of halogens is 3. The van der Waals surface area contributed by atoms with Gasteiger partial charge < -0.3 is 14.8 Å². The molecule has 0 aliphatic rings. The zero-order chi connectivity index (χ0) is 17.5. The van der Waals surface area contributed by atoms with Gasteiger partial charge in [0, 0.05) is 12.1 Å². The highest BCUT2D eigenvalue weighted by Crippen LogP contribution is 2.37. The number of hydrogen-bond acceptors (Lipinski definition) is 3. The maximum Gasteiger partial charge on any atom is 0.180 e. The lowest BCUT2D eigenvalue weighted by atomic mass is 10.2. The fraction of sp³-hybridized carbons (Fsp3) is 0.333. The van der Waals surface area contributed by atoms with Crippen LogP contribution in [0.1, 0.15) is 25.0 Å². The van der Waals surface area contributed by atoms with Crippen molar-refractivity contribution in [1.82, 2.24) is 5.32 Å². The van der Waals surface area contributed by atoms with Gasteiger partial charge in [-0.2, -0.15) is 0 Å². The smallest absolute Gasteiger partial charge is 0.180 e. The highest BCUT2D eigenvalue weighted by molar-refractivity contribution is 6.32. The third kappa shape index (κ3) is 5.00. The second-order valence-electron chi connectivity index (χ2n) is 5.14. The van der Waals surface area contributed by atoms with Crippen molar-refractivity contribution in [2.75, 3.05) is 13.2 Å². The standard InChI is InChI=1S/C18H20Cl2FNO2/c1-3-22-10-12-7-16(20)18(17(8-12)23-4-2)24-11-13-5-6-14(21)9-15(13)19/h5-9,22H,3-4,10-11H2,1-2H3. The van der Waals surface area contributed by atoms with Crippen molar-refractivity contribution in [3.63, 3.8) is 0 Å². The zero-order valence-electron chi connectivity index (χ0n) is 13.7. The molecule has 0 aliphatic heterocycles. The van der Waals surface area contributed by atoms with Gasteiger partial charge >= 0.3 is 0 Å². The molecule has 6 heteroatoms. The third-order valence-electron chi connectivity index (χ3n) is 3.34. The Morgan fingerprint density at radius 1 is 1.04 bits per heavy atom. The summed E-state index contributed by atoms with van der Waals surface area (Å²) in [6.45, 7) is 6.16. The molecule has 1 N–H and O–H groups in total. The van der Waals surface area contributed by atoms with E-state index in [1.807, 2.05) is 26.0 Å². The molecule has 0 fully saturated rings. The fourth-order valence-corrected chi connectivity index (χ4v) is 2.69. The van der Waals surface area contributed by atoms with Crippen LogP contribution in [0.4, 0.5) is 4.39 Å². The first kappa shape index (κ1) is 18.8. The predicted octanol–water partition coefficient (Wildman–Crippen LogP) is 5.22. The monoisotopic (exact) mass is 371 g/mol. The average molecular weight is 372 g/mol. The van der Waals surface area contributed by atoms with Crippen LogP contribution in [-0.4, -0.2) is 13.2 Å². The number of nitrogens with one attached hydrogen (secondary N) is 1. The summed E-state index contributed by atoms with van der Waals surface area (Å²) in [5.41, 5.74) is 1.69. The van der Waals surface area contributed by atoms with Gasteiger partial charge in [-0.3, -0.25) is 0 Å². The lowest BCUT2D eigenvalue weighted by Crippen LogP contribution is -2.12. The summed E-state index contributed by atoms with van der Waals surface area (Å²) in [7, 11) is 0. The Balaban J connectivity index is 2.21. The van der Waals surface area contributed by atoms with Crippen molar-refractivity contribution in [3.05, 3.63) is 57.3 Å². The lowest BCUT2D eigenvalue weighted by Gasteiger charge is -2.16. The molecule has 2 aromatic carbocycles. The molecule has 2 rings (SSSR count). The second kappa shape index (κ2) is 9.11. The van der Waals surface area contributed by atoms with Gasteiger partial charge in [-0.15, -0.1) is 0 Å². The summed E-state index contributed by atoms with van der Waals surface area (Å²) in [5, 5.41) is 4.02. The Kier molecular flexibility index (Phi) is 7.16. The average Bonchev–Trinajstić information content (AvgIpc) is 2.54. The molecular formula is C18H20Cl2FNO2. The number of benzene rings is 2. The summed E-state index contributed by atoms with van der Waals surface area (Å²) in [4.78, 5) is 0. The molecule has 0 spiro atoms. The quantitative estimate of drug-likeness (QED) is 0.689. The van der Waals surface area contributed by atoms with Gasteiger partial charge in [0.2, 0.25) is 0 Å². The predicted molar refractivity (Wildman–Crippen MR) is 95.7 cm³/mol. The molecule has 0 heterocycles. The van der Waals surface area contributed by atoms with Gasteiger partial charge in [0.1, 0.15) is 12.4 Å². The summed E-state index contributed by atoms with van der Waals surface area (Å²) in [6, 6.07) is 7.93. The van der Waals surface area contributed by atoms with Crippen LogP contribution in [0.15, 0.2) is 30.3 Å². The van der Waals surface area contributed by atoms with Gasteiger partial charge in [0.15, 0.2) is 11.5 Å². The number of ether oxygens (including phenoxy) is 2. The van der Waals surface area contributed by atoms with Gasteiger partial charge in [-0.1, -0.05) is 36.2 Å². The lowest BCUT2D eigenvalue weighted by molar-refractivity contribution is 0.269. The second-order valence-corrected chi connectivity index (χ2v) is 5.96. The van der Waals surface area contributed by atoms with E-state index in [2.05, 4.69) is 5.32 Å². The fourth-order valence-electron chi connectivity index (χ4n) is 2.18. The molecule has 0 amide bonds. The zero-order valence-corrected chi connectivity index (χ0v) is 15.2. The Bertz CT molecular complexity index is 695. The summed E-state index contributed by atoms with van der Waals surface area (Å²) >= 11 is 12.4. The normalized spacial score (nSPS) is 10.7. The molecule has 0 atom stereocenters.